The zero-order valence-electron chi connectivity index (χ0n) is 70.6. The summed E-state index contributed by atoms with van der Waals surface area (Å²) >= 11 is 19.8. The average Bonchev–Trinajstić information content (AvgIpc) is 1.61. The highest BCUT2D eigenvalue weighted by molar-refractivity contribution is 6.31. The van der Waals surface area contributed by atoms with Crippen molar-refractivity contribution in [3.63, 3.8) is 0 Å². The van der Waals surface area contributed by atoms with E-state index in [0.717, 1.165) is 101 Å². The van der Waals surface area contributed by atoms with Gasteiger partial charge >= 0.3 is 18.3 Å². The van der Waals surface area contributed by atoms with Crippen LogP contribution in [0, 0.1) is 0 Å². The Kier molecular flexibility index (Phi) is 26.4. The Hall–Kier alpha value is -11.1. The van der Waals surface area contributed by atoms with Crippen molar-refractivity contribution in [2.75, 3.05) is 78.5 Å². The quantitative estimate of drug-likeness (QED) is 0.0959. The third kappa shape index (κ3) is 20.2. The molecule has 0 spiro atoms. The third-order valence-electron chi connectivity index (χ3n) is 21.6. The van der Waals surface area contributed by atoms with Gasteiger partial charge in [0.2, 0.25) is 17.7 Å². The van der Waals surface area contributed by atoms with E-state index in [1.807, 2.05) is 207 Å². The molecule has 6 atom stereocenters. The first-order valence-corrected chi connectivity index (χ1v) is 41.4. The number of hydrogen-bond acceptors (Lipinski definition) is 18. The van der Waals surface area contributed by atoms with Gasteiger partial charge in [-0.3, -0.25) is 44.0 Å². The van der Waals surface area contributed by atoms with Crippen LogP contribution in [-0.4, -0.2) is 204 Å². The van der Waals surface area contributed by atoms with Gasteiger partial charge in [0, 0.05) is 154 Å². The van der Waals surface area contributed by atoms with Crippen LogP contribution in [0.5, 0.6) is 0 Å². The second-order valence-electron chi connectivity index (χ2n) is 33.8. The monoisotopic (exact) mass is 1690 g/mol. The smallest absolute Gasteiger partial charge is 0.410 e. The van der Waals surface area contributed by atoms with E-state index in [1.165, 1.54) is 20.8 Å². The van der Waals surface area contributed by atoms with E-state index in [0.29, 0.717) is 93.6 Å². The molecule has 0 radical (unpaired) electrons. The Balaban J connectivity index is 0.000000156. The van der Waals surface area contributed by atoms with Gasteiger partial charge < -0.3 is 58.6 Å². The minimum Gasteiger partial charge on any atom is -0.444 e. The molecule has 3 aliphatic heterocycles. The van der Waals surface area contributed by atoms with E-state index in [9.17, 15) is 28.8 Å². The Bertz CT molecular complexity index is 4880. The Morgan fingerprint density at radius 1 is 0.383 bits per heavy atom. The number of piperazine rings is 3. The normalized spacial score (nSPS) is 18.2. The Morgan fingerprint density at radius 3 is 0.850 bits per heavy atom. The average molecular weight is 1690 g/mol. The highest BCUT2D eigenvalue weighted by Crippen LogP contribution is 2.49. The van der Waals surface area contributed by atoms with Gasteiger partial charge in [-0.2, -0.15) is 0 Å². The zero-order valence-corrected chi connectivity index (χ0v) is 72.8. The number of carbonyl (C=O) groups excluding carboxylic acids is 6. The van der Waals surface area contributed by atoms with Crippen molar-refractivity contribution >= 4 is 106 Å². The highest BCUT2D eigenvalue weighted by Gasteiger charge is 2.42. The number of benzene rings is 3. The molecule has 120 heavy (non-hydrogen) atoms. The maximum Gasteiger partial charge on any atom is 0.410 e. The van der Waals surface area contributed by atoms with Crippen LogP contribution < -0.4 is 16.0 Å². The lowest BCUT2D eigenvalue weighted by molar-refractivity contribution is -0.120. The number of imidazole rings is 3. The van der Waals surface area contributed by atoms with Crippen LogP contribution in [0.4, 0.5) is 14.4 Å². The lowest BCUT2D eigenvalue weighted by Gasteiger charge is -2.40. The summed E-state index contributed by atoms with van der Waals surface area (Å²) in [4.78, 5) is 115. The van der Waals surface area contributed by atoms with Crippen molar-refractivity contribution in [2.24, 2.45) is 21.1 Å². The van der Waals surface area contributed by atoms with Gasteiger partial charge in [-0.1, -0.05) is 71.2 Å². The maximum absolute atomic E-state index is 12.7. The number of nitrogens with one attached hydrogen (secondary N) is 3. The van der Waals surface area contributed by atoms with Crippen LogP contribution in [-0.2, 0) is 49.7 Å². The van der Waals surface area contributed by atoms with Crippen molar-refractivity contribution in [3.05, 3.63) is 246 Å². The van der Waals surface area contributed by atoms with E-state index in [1.54, 1.807) is 52.3 Å². The lowest BCUT2D eigenvalue weighted by Crippen LogP contribution is -2.51. The first-order valence-electron chi connectivity index (χ1n) is 40.3. The topological polar surface area (TPSA) is 278 Å². The largest absolute Gasteiger partial charge is 0.444 e. The van der Waals surface area contributed by atoms with Gasteiger partial charge in [-0.25, -0.2) is 29.3 Å². The van der Waals surface area contributed by atoms with Crippen LogP contribution in [0.3, 0.4) is 0 Å². The number of fused-ring (bicyclic) bond motifs is 6. The van der Waals surface area contributed by atoms with Crippen molar-refractivity contribution in [1.82, 2.24) is 89.0 Å². The molecule has 0 bridgehead atoms. The standard InChI is InChI=1S/3C30H35ClN6O3/c3*1-19(38)34-27(25-17-32-18-35(25)5)24-15-20-7-6-10-33-26(20)28(22-9-8-21(31)16-23(22)24)36-11-13-37(14-12-36)29(39)40-30(2,3)4/h3*6-10,15-18,27-28H,11-14H2,1-5H3,(H,34,38)/t3*27?,28-/m000/s1. The van der Waals surface area contributed by atoms with Gasteiger partial charge in [-0.15, -0.1) is 0 Å². The summed E-state index contributed by atoms with van der Waals surface area (Å²) in [6.45, 7) is 28.6. The zero-order chi connectivity index (χ0) is 85.8. The maximum atomic E-state index is 12.7. The van der Waals surface area contributed by atoms with Crippen LogP contribution in [0.2, 0.25) is 15.1 Å². The van der Waals surface area contributed by atoms with Gasteiger partial charge in [0.1, 0.15) is 16.8 Å². The van der Waals surface area contributed by atoms with Crippen molar-refractivity contribution < 1.29 is 43.0 Å². The van der Waals surface area contributed by atoms with Crippen molar-refractivity contribution in [2.45, 2.75) is 136 Å². The first-order chi connectivity index (χ1) is 57.0. The number of aromatic nitrogens is 9. The molecule has 3 fully saturated rings. The fraction of sp³-hybridized carbons (Fsp3) is 0.400. The Labute approximate surface area is 715 Å². The number of nitrogens with zero attached hydrogens (tertiary/aromatic N) is 15. The van der Waals surface area contributed by atoms with Crippen LogP contribution in [0.25, 0.3) is 34.9 Å². The van der Waals surface area contributed by atoms with Crippen LogP contribution in [0.1, 0.15) is 204 Å². The highest BCUT2D eigenvalue weighted by atomic mass is 35.5. The molecule has 15 rings (SSSR count). The summed E-state index contributed by atoms with van der Waals surface area (Å²) in [5.74, 6) is -0.455. The molecular weight excluding hydrogens is 1580 g/mol. The number of carbonyl (C=O) groups is 6. The van der Waals surface area contributed by atoms with E-state index >= 15 is 0 Å². The fourth-order valence-corrected chi connectivity index (χ4v) is 16.9. The molecule has 9 aromatic rings. The molecule has 9 heterocycles. The molecule has 3 aromatic carbocycles. The molecule has 27 nitrogen and oxygen atoms in total. The Morgan fingerprint density at radius 2 is 0.633 bits per heavy atom. The van der Waals surface area contributed by atoms with Crippen LogP contribution in [0.15, 0.2) is 147 Å². The van der Waals surface area contributed by atoms with E-state index in [4.69, 9.17) is 64.0 Å². The van der Waals surface area contributed by atoms with Gasteiger partial charge in [-0.05, 0) is 202 Å². The minimum atomic E-state index is -0.545. The van der Waals surface area contributed by atoms with Crippen molar-refractivity contribution in [1.29, 1.82) is 0 Å². The second-order valence-corrected chi connectivity index (χ2v) is 35.1. The number of pyridine rings is 3. The van der Waals surface area contributed by atoms with E-state index in [-0.39, 0.29) is 54.1 Å². The summed E-state index contributed by atoms with van der Waals surface area (Å²) in [6.07, 6.45) is 21.3. The number of amides is 6. The van der Waals surface area contributed by atoms with Crippen molar-refractivity contribution in [3.8, 4) is 0 Å². The summed E-state index contributed by atoms with van der Waals surface area (Å²) in [5, 5.41) is 11.2. The third-order valence-corrected chi connectivity index (χ3v) is 22.3. The molecule has 6 amide bonds. The molecular formula is C90H105Cl3N18O9. The van der Waals surface area contributed by atoms with Crippen LogP contribution >= 0.6 is 34.8 Å². The molecule has 6 aliphatic rings. The minimum absolute atomic E-state index is 0.152. The SMILES string of the molecule is CC(=O)NC(C1=Cc2cccnc2[C@@H](N2CCN(C(=O)OC(C)(C)C)CC2)c2ccc(Cl)cc21)c1cncn1C.CC(=O)NC(C1=Cc2cccnc2[C@@H](N2CCN(C(=O)OC(C)(C)C)CC2)c2ccc(Cl)cc21)c1cncn1C.CC(=O)NC(C1=Cc2cccnc2[C@@H](N2CCN(C(=O)OC(C)(C)C)CC2)c2ccc(Cl)cc21)c1cncn1C. The summed E-state index contributed by atoms with van der Waals surface area (Å²) in [5.41, 5.74) is 15.2. The predicted octanol–water partition coefficient (Wildman–Crippen LogP) is 14.5. The second kappa shape index (κ2) is 36.5. The fourth-order valence-electron chi connectivity index (χ4n) is 16.3. The number of ether oxygens (including phenoxy) is 3. The predicted molar refractivity (Wildman–Crippen MR) is 464 cm³/mol. The summed E-state index contributed by atoms with van der Waals surface area (Å²) in [7, 11) is 5.74. The molecule has 3 N–H and O–H groups in total. The molecule has 6 aromatic heterocycles. The van der Waals surface area contributed by atoms with E-state index < -0.39 is 34.9 Å². The number of rotatable bonds is 12. The summed E-state index contributed by atoms with van der Waals surface area (Å²) in [6, 6.07) is 27.7. The number of aryl methyl sites for hydroxylation is 3. The molecule has 630 valence electrons. The molecule has 30 heteroatoms. The van der Waals surface area contributed by atoms with Gasteiger partial charge in [0.15, 0.2) is 0 Å². The molecule has 3 saturated heterocycles. The summed E-state index contributed by atoms with van der Waals surface area (Å²) < 4.78 is 22.6. The molecule has 3 aliphatic carbocycles. The molecule has 0 saturated carbocycles. The van der Waals surface area contributed by atoms with E-state index in [2.05, 4.69) is 63.8 Å². The first kappa shape index (κ1) is 86.8. The van der Waals surface area contributed by atoms with Gasteiger partial charge in [0.05, 0.1) is 108 Å². The number of hydrogen-bond donors (Lipinski definition) is 3. The van der Waals surface area contributed by atoms with Gasteiger partial charge in [0.25, 0.3) is 0 Å². The lowest BCUT2D eigenvalue weighted by atomic mass is 9.89. The number of halogens is 3. The molecule has 3 unspecified atom stereocenters.